The van der Waals surface area contributed by atoms with Crippen molar-refractivity contribution in [2.75, 3.05) is 39.6 Å². The molecule has 0 aliphatic heterocycles. The van der Waals surface area contributed by atoms with E-state index in [-0.39, 0.29) is 25.7 Å². The van der Waals surface area contributed by atoms with Gasteiger partial charge in [-0.15, -0.1) is 0 Å². The zero-order valence-corrected chi connectivity index (χ0v) is 66.6. The van der Waals surface area contributed by atoms with Gasteiger partial charge in [0.25, 0.3) is 0 Å². The average Bonchev–Trinajstić information content (AvgIpc) is 0.976. The van der Waals surface area contributed by atoms with Crippen LogP contribution in [0.3, 0.4) is 0 Å². The molecule has 588 valence electrons. The van der Waals surface area contributed by atoms with E-state index in [1.165, 1.54) is 238 Å². The number of hydrogen-bond donors (Lipinski definition) is 3. The number of rotatable bonds is 79. The highest BCUT2D eigenvalue weighted by molar-refractivity contribution is 7.47. The van der Waals surface area contributed by atoms with Crippen LogP contribution in [-0.4, -0.2) is 96.7 Å². The second kappa shape index (κ2) is 71.7. The summed E-state index contributed by atoms with van der Waals surface area (Å²) in [7, 11) is -9.91. The Morgan fingerprint density at radius 1 is 0.273 bits per heavy atom. The highest BCUT2D eigenvalue weighted by Crippen LogP contribution is 2.45. The molecule has 17 nitrogen and oxygen atoms in total. The van der Waals surface area contributed by atoms with Crippen LogP contribution in [0.25, 0.3) is 0 Å². The highest BCUT2D eigenvalue weighted by atomic mass is 31.2. The summed E-state index contributed by atoms with van der Waals surface area (Å²) in [5, 5.41) is 10.6. The first-order valence-corrected chi connectivity index (χ1v) is 44.5. The van der Waals surface area contributed by atoms with Crippen molar-refractivity contribution in [2.45, 2.75) is 439 Å². The van der Waals surface area contributed by atoms with Crippen LogP contribution in [0.5, 0.6) is 0 Å². The molecular weight excluding hydrogens is 1290 g/mol. The number of hydrogen-bond acceptors (Lipinski definition) is 15. The van der Waals surface area contributed by atoms with E-state index in [9.17, 15) is 43.2 Å². The summed E-state index contributed by atoms with van der Waals surface area (Å²) in [6.07, 6.45) is 61.0. The lowest BCUT2D eigenvalue weighted by atomic mass is 10.0. The first-order valence-electron chi connectivity index (χ1n) is 41.5. The van der Waals surface area contributed by atoms with Crippen molar-refractivity contribution in [3.63, 3.8) is 0 Å². The monoisotopic (exact) mass is 1450 g/mol. The van der Waals surface area contributed by atoms with Crippen molar-refractivity contribution in [2.24, 2.45) is 11.8 Å². The maximum Gasteiger partial charge on any atom is 0.472 e. The molecule has 0 spiro atoms. The van der Waals surface area contributed by atoms with Gasteiger partial charge in [0.05, 0.1) is 26.4 Å². The number of aliphatic hydroxyl groups is 1. The van der Waals surface area contributed by atoms with Crippen LogP contribution in [-0.2, 0) is 65.4 Å². The minimum atomic E-state index is -4.96. The molecule has 99 heavy (non-hydrogen) atoms. The Kier molecular flexibility index (Phi) is 70.3. The maximum absolute atomic E-state index is 13.1. The normalized spacial score (nSPS) is 13.9. The maximum atomic E-state index is 13.1. The summed E-state index contributed by atoms with van der Waals surface area (Å²) in [6.45, 7) is 9.67. The topological polar surface area (TPSA) is 237 Å². The molecule has 0 bridgehead atoms. The van der Waals surface area contributed by atoms with E-state index < -0.39 is 97.5 Å². The number of aliphatic hydroxyl groups excluding tert-OH is 1. The molecular formula is C80H156O17P2. The van der Waals surface area contributed by atoms with E-state index in [1.807, 2.05) is 0 Å². The van der Waals surface area contributed by atoms with Crippen molar-refractivity contribution in [1.29, 1.82) is 0 Å². The molecule has 3 N–H and O–H groups in total. The van der Waals surface area contributed by atoms with Crippen LogP contribution in [0, 0.1) is 11.8 Å². The van der Waals surface area contributed by atoms with Gasteiger partial charge in [0.2, 0.25) is 0 Å². The van der Waals surface area contributed by atoms with E-state index in [0.29, 0.717) is 25.7 Å². The molecule has 0 radical (unpaired) electrons. The lowest BCUT2D eigenvalue weighted by molar-refractivity contribution is -0.161. The van der Waals surface area contributed by atoms with Crippen LogP contribution in [0.1, 0.15) is 420 Å². The molecule has 0 aromatic heterocycles. The number of ether oxygens (including phenoxy) is 4. The summed E-state index contributed by atoms with van der Waals surface area (Å²) < 4.78 is 68.6. The van der Waals surface area contributed by atoms with Crippen molar-refractivity contribution in [1.82, 2.24) is 0 Å². The van der Waals surface area contributed by atoms with Crippen LogP contribution < -0.4 is 0 Å². The van der Waals surface area contributed by atoms with Crippen LogP contribution in [0.4, 0.5) is 0 Å². The van der Waals surface area contributed by atoms with E-state index in [2.05, 4.69) is 41.5 Å². The summed E-state index contributed by atoms with van der Waals surface area (Å²) in [5.41, 5.74) is 0. The van der Waals surface area contributed by atoms with E-state index >= 15 is 0 Å². The molecule has 0 aromatic carbocycles. The molecule has 0 amide bonds. The third kappa shape index (κ3) is 74.1. The fraction of sp³-hybridized carbons (Fsp3) is 0.950. The number of esters is 4. The third-order valence-corrected chi connectivity index (χ3v) is 20.6. The van der Waals surface area contributed by atoms with E-state index in [1.54, 1.807) is 0 Å². The second-order valence-electron chi connectivity index (χ2n) is 29.8. The summed E-state index contributed by atoms with van der Waals surface area (Å²) in [4.78, 5) is 72.9. The van der Waals surface area contributed by atoms with E-state index in [0.717, 1.165) is 102 Å². The average molecular weight is 1450 g/mol. The van der Waals surface area contributed by atoms with Crippen molar-refractivity contribution >= 4 is 39.5 Å². The predicted octanol–water partition coefficient (Wildman–Crippen LogP) is 23.9. The van der Waals surface area contributed by atoms with Gasteiger partial charge >= 0.3 is 39.5 Å². The lowest BCUT2D eigenvalue weighted by Crippen LogP contribution is -2.30. The van der Waals surface area contributed by atoms with Crippen molar-refractivity contribution < 1.29 is 80.2 Å². The highest BCUT2D eigenvalue weighted by Gasteiger charge is 2.30. The largest absolute Gasteiger partial charge is 0.472 e. The second-order valence-corrected chi connectivity index (χ2v) is 32.7. The molecule has 0 aromatic rings. The Morgan fingerprint density at radius 2 is 0.465 bits per heavy atom. The molecule has 0 saturated carbocycles. The SMILES string of the molecule is CCCCCCCCCCCCCC(=O)OC[C@H](COP(=O)(O)OC[C@H](O)COP(=O)(O)OC[C@@H](COC(=O)CCCCCCCCCCCCCCCC(C)C)OC(=O)CCCCCCCCCCCCCCCCCCCCC(C)C)OC(=O)CCCCCCCCCCCCC. The zero-order valence-electron chi connectivity index (χ0n) is 64.8. The molecule has 19 heteroatoms. The van der Waals surface area contributed by atoms with Crippen LogP contribution in [0.15, 0.2) is 0 Å². The van der Waals surface area contributed by atoms with Gasteiger partial charge in [-0.3, -0.25) is 37.3 Å². The van der Waals surface area contributed by atoms with Gasteiger partial charge in [-0.2, -0.15) is 0 Å². The number of carbonyl (C=O) groups is 4. The molecule has 0 heterocycles. The summed E-state index contributed by atoms with van der Waals surface area (Å²) in [6, 6.07) is 0. The quantitative estimate of drug-likeness (QED) is 0.0222. The van der Waals surface area contributed by atoms with Gasteiger partial charge in [-0.1, -0.05) is 369 Å². The Morgan fingerprint density at radius 3 is 0.687 bits per heavy atom. The smallest absolute Gasteiger partial charge is 0.462 e. The third-order valence-electron chi connectivity index (χ3n) is 18.7. The number of phosphoric ester groups is 2. The molecule has 0 aliphatic rings. The molecule has 0 aliphatic carbocycles. The Hall–Kier alpha value is -1.94. The Balaban J connectivity index is 5.21. The van der Waals surface area contributed by atoms with Crippen molar-refractivity contribution in [3.8, 4) is 0 Å². The number of phosphoric acid groups is 2. The predicted molar refractivity (Wildman–Crippen MR) is 405 cm³/mol. The van der Waals surface area contributed by atoms with E-state index in [4.69, 9.17) is 37.0 Å². The van der Waals surface area contributed by atoms with Gasteiger partial charge < -0.3 is 33.8 Å². The number of unbranched alkanes of at least 4 members (excludes halogenated alkanes) is 49. The number of carbonyl (C=O) groups excluding carboxylic acids is 4. The molecule has 0 rings (SSSR count). The van der Waals surface area contributed by atoms with Gasteiger partial charge in [0, 0.05) is 25.7 Å². The van der Waals surface area contributed by atoms with Gasteiger partial charge in [-0.05, 0) is 37.5 Å². The zero-order chi connectivity index (χ0) is 72.8. The molecule has 2 unspecified atom stereocenters. The Bertz CT molecular complexity index is 1910. The molecule has 0 saturated heterocycles. The van der Waals surface area contributed by atoms with Gasteiger partial charge in [-0.25, -0.2) is 9.13 Å². The van der Waals surface area contributed by atoms with Gasteiger partial charge in [0.1, 0.15) is 19.3 Å². The standard InChI is InChI=1S/C80H156O17P2/c1-7-9-11-13-15-17-30-38-44-50-56-62-77(82)90-68-75(96-79(84)64-58-52-46-40-31-18-16-14-12-10-8-2)70-94-98(86,87)92-66-74(81)67-93-99(88,89)95-71-76(69-91-78(83)63-57-51-45-39-34-29-25-27-33-37-43-49-55-61-73(5)6)97-80(85)65-59-53-47-41-35-28-24-22-20-19-21-23-26-32-36-42-48-54-60-72(3)4/h72-76,81H,7-71H2,1-6H3,(H,86,87)(H,88,89)/t74-,75+,76+/m0/s1. The van der Waals surface area contributed by atoms with Crippen molar-refractivity contribution in [3.05, 3.63) is 0 Å². The van der Waals surface area contributed by atoms with Crippen LogP contribution in [0.2, 0.25) is 0 Å². The fourth-order valence-corrected chi connectivity index (χ4v) is 13.9. The summed E-state index contributed by atoms with van der Waals surface area (Å²) in [5.74, 6) is -0.497. The lowest BCUT2D eigenvalue weighted by Gasteiger charge is -2.21. The first kappa shape index (κ1) is 97.1. The first-order chi connectivity index (χ1) is 47.9. The van der Waals surface area contributed by atoms with Gasteiger partial charge in [0.15, 0.2) is 12.2 Å². The van der Waals surface area contributed by atoms with Crippen LogP contribution >= 0.6 is 15.6 Å². The fourth-order valence-electron chi connectivity index (χ4n) is 12.4. The molecule has 5 atom stereocenters. The summed E-state index contributed by atoms with van der Waals surface area (Å²) >= 11 is 0. The minimum Gasteiger partial charge on any atom is -0.462 e. The minimum absolute atomic E-state index is 0.107. The molecule has 0 fully saturated rings. The Labute approximate surface area is 607 Å².